The Kier molecular flexibility index (Phi) is 5.43. The molecule has 0 unspecified atom stereocenters. The van der Waals surface area contributed by atoms with Gasteiger partial charge in [-0.15, -0.1) is 0 Å². The van der Waals surface area contributed by atoms with Crippen LogP contribution in [-0.2, 0) is 16.0 Å². The lowest BCUT2D eigenvalue weighted by Crippen LogP contribution is -2.49. The molecule has 0 atom stereocenters. The summed E-state index contributed by atoms with van der Waals surface area (Å²) in [4.78, 5) is 13.1. The van der Waals surface area contributed by atoms with Gasteiger partial charge in [-0.05, 0) is 56.5 Å². The third-order valence-electron chi connectivity index (χ3n) is 5.47. The number of esters is 1. The van der Waals surface area contributed by atoms with E-state index in [9.17, 15) is 20.2 Å². The predicted molar refractivity (Wildman–Crippen MR) is 110 cm³/mol. The van der Waals surface area contributed by atoms with E-state index in [1.165, 1.54) is 12.1 Å². The zero-order valence-corrected chi connectivity index (χ0v) is 17.1. The van der Waals surface area contributed by atoms with Crippen molar-refractivity contribution in [2.24, 2.45) is 0 Å². The van der Waals surface area contributed by atoms with E-state index in [0.717, 1.165) is 10.6 Å². The average Bonchev–Trinajstić information content (AvgIpc) is 2.81. The standard InChI is InChI=1S/C23H27NO5/c1-22(2)19(16-10-11-17(25)18(26)14-16)20(23(3,4)24(22)28)21(27)29-13-12-15-8-6-5-7-9-15/h5-11,14,25-26,28H,12-13H2,1-4H3. The molecule has 0 bridgehead atoms. The second-order valence-corrected chi connectivity index (χ2v) is 8.25. The first kappa shape index (κ1) is 20.9. The number of ether oxygens (including phenoxy) is 1. The molecule has 0 saturated carbocycles. The highest BCUT2D eigenvalue weighted by Crippen LogP contribution is 2.49. The molecule has 2 aromatic carbocycles. The zero-order chi connectivity index (χ0) is 21.4. The maximum atomic E-state index is 13.1. The molecule has 0 saturated heterocycles. The number of hydrogen-bond donors (Lipinski definition) is 3. The lowest BCUT2D eigenvalue weighted by Gasteiger charge is -2.36. The van der Waals surface area contributed by atoms with Gasteiger partial charge in [-0.2, -0.15) is 5.06 Å². The van der Waals surface area contributed by atoms with Crippen LogP contribution in [0.2, 0.25) is 0 Å². The lowest BCUT2D eigenvalue weighted by atomic mass is 9.85. The van der Waals surface area contributed by atoms with Gasteiger partial charge in [0.1, 0.15) is 0 Å². The molecule has 3 rings (SSSR count). The number of phenolic OH excluding ortho intramolecular Hbond substituents is 2. The SMILES string of the molecule is CC1(C)C(C(=O)OCCc2ccccc2)=C(c2ccc(O)c(O)c2)C(C)(C)N1O. The van der Waals surface area contributed by atoms with Crippen molar-refractivity contribution in [2.75, 3.05) is 6.61 Å². The zero-order valence-electron chi connectivity index (χ0n) is 17.1. The number of hydroxylamine groups is 2. The Morgan fingerprint density at radius 2 is 1.62 bits per heavy atom. The molecule has 2 aromatic rings. The Hall–Kier alpha value is -2.83. The molecule has 154 valence electrons. The van der Waals surface area contributed by atoms with E-state index in [-0.39, 0.29) is 18.1 Å². The van der Waals surface area contributed by atoms with Crippen molar-refractivity contribution in [3.63, 3.8) is 0 Å². The number of hydrogen-bond acceptors (Lipinski definition) is 6. The molecule has 0 aromatic heterocycles. The molecular formula is C23H27NO5. The van der Waals surface area contributed by atoms with E-state index >= 15 is 0 Å². The minimum absolute atomic E-state index is 0.211. The van der Waals surface area contributed by atoms with Crippen molar-refractivity contribution in [2.45, 2.75) is 45.2 Å². The molecule has 0 fully saturated rings. The highest BCUT2D eigenvalue weighted by molar-refractivity contribution is 6.03. The van der Waals surface area contributed by atoms with Gasteiger partial charge in [0.05, 0.1) is 23.3 Å². The summed E-state index contributed by atoms with van der Waals surface area (Å²) in [6.07, 6.45) is 0.585. The van der Waals surface area contributed by atoms with Crippen LogP contribution in [0.25, 0.3) is 5.57 Å². The van der Waals surface area contributed by atoms with E-state index in [2.05, 4.69) is 0 Å². The number of aromatic hydroxyl groups is 2. The number of carbonyl (C=O) groups is 1. The Morgan fingerprint density at radius 3 is 2.24 bits per heavy atom. The molecular weight excluding hydrogens is 370 g/mol. The van der Waals surface area contributed by atoms with Crippen LogP contribution in [0, 0.1) is 0 Å². The summed E-state index contributed by atoms with van der Waals surface area (Å²) in [5, 5.41) is 31.6. The normalized spacial score (nSPS) is 18.1. The largest absolute Gasteiger partial charge is 0.504 e. The van der Waals surface area contributed by atoms with Crippen LogP contribution in [0.1, 0.15) is 38.8 Å². The van der Waals surface area contributed by atoms with Crippen molar-refractivity contribution < 1.29 is 25.0 Å². The first-order valence-electron chi connectivity index (χ1n) is 9.54. The fourth-order valence-electron chi connectivity index (χ4n) is 4.03. The number of carbonyl (C=O) groups excluding carboxylic acids is 1. The Labute approximate surface area is 170 Å². The van der Waals surface area contributed by atoms with Crippen LogP contribution in [0.15, 0.2) is 54.1 Å². The third-order valence-corrected chi connectivity index (χ3v) is 5.47. The fourth-order valence-corrected chi connectivity index (χ4v) is 4.03. The Bertz CT molecular complexity index is 947. The summed E-state index contributed by atoms with van der Waals surface area (Å²) in [6.45, 7) is 7.28. The lowest BCUT2D eigenvalue weighted by molar-refractivity contribution is -0.186. The highest BCUT2D eigenvalue weighted by Gasteiger charge is 2.54. The van der Waals surface area contributed by atoms with Crippen molar-refractivity contribution in [1.29, 1.82) is 0 Å². The van der Waals surface area contributed by atoms with Crippen LogP contribution < -0.4 is 0 Å². The van der Waals surface area contributed by atoms with Gasteiger partial charge in [0.25, 0.3) is 0 Å². The van der Waals surface area contributed by atoms with Gasteiger partial charge < -0.3 is 20.2 Å². The Morgan fingerprint density at radius 1 is 0.966 bits per heavy atom. The monoisotopic (exact) mass is 397 g/mol. The molecule has 6 heteroatoms. The first-order valence-corrected chi connectivity index (χ1v) is 9.54. The van der Waals surface area contributed by atoms with Crippen molar-refractivity contribution in [3.8, 4) is 11.5 Å². The highest BCUT2D eigenvalue weighted by atomic mass is 16.5. The summed E-state index contributed by atoms with van der Waals surface area (Å²) in [5.41, 5.74) is 0.544. The van der Waals surface area contributed by atoms with E-state index in [1.807, 2.05) is 30.3 Å². The van der Waals surface area contributed by atoms with Gasteiger partial charge in [-0.3, -0.25) is 0 Å². The molecule has 1 heterocycles. The molecule has 1 aliphatic rings. The molecule has 0 aliphatic carbocycles. The smallest absolute Gasteiger partial charge is 0.336 e. The Balaban J connectivity index is 1.97. The van der Waals surface area contributed by atoms with E-state index in [1.54, 1.807) is 33.8 Å². The summed E-state index contributed by atoms with van der Waals surface area (Å²) in [7, 11) is 0. The van der Waals surface area contributed by atoms with Gasteiger partial charge in [0, 0.05) is 6.42 Å². The topological polar surface area (TPSA) is 90.2 Å². The van der Waals surface area contributed by atoms with Crippen molar-refractivity contribution in [1.82, 2.24) is 5.06 Å². The van der Waals surface area contributed by atoms with Gasteiger partial charge in [-0.25, -0.2) is 4.79 Å². The average molecular weight is 397 g/mol. The van der Waals surface area contributed by atoms with Crippen molar-refractivity contribution >= 4 is 11.5 Å². The molecule has 0 amide bonds. The molecule has 0 radical (unpaired) electrons. The van der Waals surface area contributed by atoms with E-state index < -0.39 is 17.0 Å². The maximum absolute atomic E-state index is 13.1. The van der Waals surface area contributed by atoms with Gasteiger partial charge in [0.15, 0.2) is 11.5 Å². The maximum Gasteiger partial charge on any atom is 0.336 e. The second-order valence-electron chi connectivity index (χ2n) is 8.25. The summed E-state index contributed by atoms with van der Waals surface area (Å²) < 4.78 is 5.57. The second kappa shape index (κ2) is 7.54. The van der Waals surface area contributed by atoms with Crippen LogP contribution in [-0.4, -0.2) is 44.1 Å². The van der Waals surface area contributed by atoms with Gasteiger partial charge in [-0.1, -0.05) is 36.4 Å². The van der Waals surface area contributed by atoms with Gasteiger partial charge in [0.2, 0.25) is 0 Å². The van der Waals surface area contributed by atoms with Crippen molar-refractivity contribution in [3.05, 3.63) is 65.2 Å². The van der Waals surface area contributed by atoms with Crippen LogP contribution in [0.5, 0.6) is 11.5 Å². The molecule has 0 spiro atoms. The fraction of sp³-hybridized carbons (Fsp3) is 0.348. The molecule has 29 heavy (non-hydrogen) atoms. The van der Waals surface area contributed by atoms with Gasteiger partial charge >= 0.3 is 5.97 Å². The third kappa shape index (κ3) is 3.73. The number of rotatable bonds is 5. The quantitative estimate of drug-likeness (QED) is 0.524. The van der Waals surface area contributed by atoms with Crippen LogP contribution in [0.3, 0.4) is 0 Å². The minimum atomic E-state index is -1.00. The summed E-state index contributed by atoms with van der Waals surface area (Å²) >= 11 is 0. The summed E-state index contributed by atoms with van der Waals surface area (Å²) in [5.74, 6) is -1.06. The molecule has 6 nitrogen and oxygen atoms in total. The molecule has 1 aliphatic heterocycles. The summed E-state index contributed by atoms with van der Waals surface area (Å²) in [6, 6.07) is 14.1. The van der Waals surface area contributed by atoms with Crippen LogP contribution in [0.4, 0.5) is 0 Å². The predicted octanol–water partition coefficient (Wildman–Crippen LogP) is 3.90. The molecule has 3 N–H and O–H groups in total. The number of benzene rings is 2. The number of phenols is 2. The van der Waals surface area contributed by atoms with E-state index in [4.69, 9.17) is 4.74 Å². The number of nitrogens with zero attached hydrogens (tertiary/aromatic N) is 1. The first-order chi connectivity index (χ1) is 13.6. The minimum Gasteiger partial charge on any atom is -0.504 e. The van der Waals surface area contributed by atoms with Crippen LogP contribution >= 0.6 is 0 Å². The van der Waals surface area contributed by atoms with E-state index in [0.29, 0.717) is 23.1 Å².